The minimum Gasteiger partial charge on any atom is -0.418 e. The minimum atomic E-state index is -4.43. The monoisotopic (exact) mass is 421 g/mol. The summed E-state index contributed by atoms with van der Waals surface area (Å²) in [4.78, 5) is 16.3. The molecule has 1 aliphatic heterocycles. The smallest absolute Gasteiger partial charge is 0.416 e. The van der Waals surface area contributed by atoms with Crippen LogP contribution < -0.4 is 10.6 Å². The van der Waals surface area contributed by atoms with Crippen molar-refractivity contribution in [3.63, 3.8) is 0 Å². The van der Waals surface area contributed by atoms with Crippen LogP contribution in [0.1, 0.15) is 17.9 Å². The molecule has 0 aliphatic carbocycles. The fourth-order valence-electron chi connectivity index (χ4n) is 3.15. The first-order valence-corrected chi connectivity index (χ1v) is 8.91. The molecule has 1 unspecified atom stereocenters. The number of amides is 1. The zero-order valence-corrected chi connectivity index (χ0v) is 15.3. The van der Waals surface area contributed by atoms with Crippen molar-refractivity contribution >= 4 is 17.3 Å². The maximum Gasteiger partial charge on any atom is 0.416 e. The third kappa shape index (κ3) is 3.46. The molecular weight excluding hydrogens is 406 g/mol. The molecule has 30 heavy (non-hydrogen) atoms. The largest absolute Gasteiger partial charge is 0.418 e. The maximum atomic E-state index is 13.7. The number of carbonyl (C=O) groups excluding carboxylic acids is 1. The Morgan fingerprint density at radius 3 is 2.57 bits per heavy atom. The number of halogens is 4. The van der Waals surface area contributed by atoms with E-state index in [1.807, 2.05) is 0 Å². The minimum absolute atomic E-state index is 0.0486. The van der Waals surface area contributed by atoms with Crippen molar-refractivity contribution in [1.82, 2.24) is 20.5 Å². The van der Waals surface area contributed by atoms with E-state index >= 15 is 0 Å². The molecule has 7 nitrogen and oxygen atoms in total. The van der Waals surface area contributed by atoms with Gasteiger partial charge < -0.3 is 15.1 Å². The average Bonchev–Trinajstić information content (AvgIpc) is 3.35. The van der Waals surface area contributed by atoms with Crippen molar-refractivity contribution in [2.75, 3.05) is 18.5 Å². The molecule has 0 radical (unpaired) electrons. The molecule has 2 aromatic heterocycles. The van der Waals surface area contributed by atoms with Crippen LogP contribution in [0.5, 0.6) is 0 Å². The summed E-state index contributed by atoms with van der Waals surface area (Å²) < 4.78 is 57.5. The molecule has 1 amide bonds. The lowest BCUT2D eigenvalue weighted by Crippen LogP contribution is -2.37. The second kappa shape index (κ2) is 7.39. The van der Waals surface area contributed by atoms with Gasteiger partial charge in [0, 0.05) is 18.4 Å². The van der Waals surface area contributed by atoms with Crippen LogP contribution in [-0.2, 0) is 16.4 Å². The molecule has 3 heterocycles. The Morgan fingerprint density at radius 1 is 1.17 bits per heavy atom. The van der Waals surface area contributed by atoms with E-state index in [1.54, 1.807) is 12.1 Å². The highest BCUT2D eigenvalue weighted by atomic mass is 19.4. The maximum absolute atomic E-state index is 13.7. The lowest BCUT2D eigenvalue weighted by Gasteiger charge is -2.16. The van der Waals surface area contributed by atoms with Gasteiger partial charge in [0.15, 0.2) is 11.1 Å². The van der Waals surface area contributed by atoms with Gasteiger partial charge in [-0.2, -0.15) is 13.2 Å². The topological polar surface area (TPSA) is 92.9 Å². The van der Waals surface area contributed by atoms with Gasteiger partial charge in [0.1, 0.15) is 6.67 Å². The first-order chi connectivity index (χ1) is 14.3. The number of carbonyl (C=O) groups is 1. The van der Waals surface area contributed by atoms with Crippen molar-refractivity contribution in [3.05, 3.63) is 54.0 Å². The van der Waals surface area contributed by atoms with Gasteiger partial charge >= 0.3 is 6.18 Å². The average molecular weight is 421 g/mol. The van der Waals surface area contributed by atoms with Gasteiger partial charge in [-0.15, -0.1) is 10.2 Å². The second-order valence-corrected chi connectivity index (χ2v) is 6.73. The van der Waals surface area contributed by atoms with Gasteiger partial charge in [-0.3, -0.25) is 4.79 Å². The predicted molar refractivity (Wildman–Crippen MR) is 97.5 cm³/mol. The van der Waals surface area contributed by atoms with Gasteiger partial charge in [-0.05, 0) is 42.8 Å². The number of pyridine rings is 1. The highest BCUT2D eigenvalue weighted by molar-refractivity contribution is 5.89. The molecule has 156 valence electrons. The fourth-order valence-corrected chi connectivity index (χ4v) is 3.15. The highest BCUT2D eigenvalue weighted by Crippen LogP contribution is 2.35. The zero-order valence-electron chi connectivity index (χ0n) is 15.3. The number of rotatable bonds is 5. The Balaban J connectivity index is 1.63. The number of nitrogens with one attached hydrogen (secondary N) is 2. The predicted octanol–water partition coefficient (Wildman–Crippen LogP) is 3.62. The van der Waals surface area contributed by atoms with E-state index in [4.69, 9.17) is 4.42 Å². The van der Waals surface area contributed by atoms with Crippen LogP contribution in [-0.4, -0.2) is 34.3 Å². The van der Waals surface area contributed by atoms with Crippen molar-refractivity contribution in [2.24, 2.45) is 0 Å². The summed E-state index contributed by atoms with van der Waals surface area (Å²) >= 11 is 0. The quantitative estimate of drug-likeness (QED) is 0.612. The highest BCUT2D eigenvalue weighted by Gasteiger charge is 2.49. The van der Waals surface area contributed by atoms with Crippen molar-refractivity contribution < 1.29 is 26.8 Å². The standard InChI is InChI=1S/C19H15F4N5O2/c20-10-18(7-9-25-16(18)29)17-28-27-15(30-17)14-13(2-1-8-24-14)26-12-5-3-11(4-6-12)19(21,22)23/h1-6,8,26H,7,9-10H2,(H,25,29). The SMILES string of the molecule is O=C1NCCC1(CF)c1nnc(-c2ncccc2Nc2ccc(C(F)(F)F)cc2)o1. The van der Waals surface area contributed by atoms with Crippen LogP contribution in [0.4, 0.5) is 28.9 Å². The molecule has 1 fully saturated rings. The van der Waals surface area contributed by atoms with Crippen LogP contribution >= 0.6 is 0 Å². The molecule has 0 saturated carbocycles. The lowest BCUT2D eigenvalue weighted by atomic mass is 9.88. The molecule has 0 bridgehead atoms. The summed E-state index contributed by atoms with van der Waals surface area (Å²) in [5.41, 5.74) is -1.32. The Morgan fingerprint density at radius 2 is 1.93 bits per heavy atom. The summed E-state index contributed by atoms with van der Waals surface area (Å²) in [7, 11) is 0. The fraction of sp³-hybridized carbons (Fsp3) is 0.263. The molecule has 1 saturated heterocycles. The number of aromatic nitrogens is 3. The Bertz CT molecular complexity index is 1070. The number of hydrogen-bond donors (Lipinski definition) is 2. The molecule has 1 aromatic carbocycles. The molecule has 1 atom stereocenters. The van der Waals surface area contributed by atoms with E-state index in [-0.39, 0.29) is 23.9 Å². The number of hydrogen-bond acceptors (Lipinski definition) is 6. The molecule has 2 N–H and O–H groups in total. The summed E-state index contributed by atoms with van der Waals surface area (Å²) in [5, 5.41) is 13.2. The molecule has 3 aromatic rings. The van der Waals surface area contributed by atoms with E-state index in [0.29, 0.717) is 17.9 Å². The third-order valence-corrected chi connectivity index (χ3v) is 4.84. The Labute approximate surface area is 167 Å². The summed E-state index contributed by atoms with van der Waals surface area (Å²) in [6.45, 7) is -0.690. The van der Waals surface area contributed by atoms with Crippen LogP contribution in [0, 0.1) is 0 Å². The van der Waals surface area contributed by atoms with Crippen LogP contribution in [0.3, 0.4) is 0 Å². The molecule has 1 aliphatic rings. The third-order valence-electron chi connectivity index (χ3n) is 4.84. The normalized spacial score (nSPS) is 19.0. The van der Waals surface area contributed by atoms with Crippen molar-refractivity contribution in [2.45, 2.75) is 18.0 Å². The molecular formula is C19H15F4N5O2. The zero-order chi connectivity index (χ0) is 21.4. The number of nitrogens with zero attached hydrogens (tertiary/aromatic N) is 3. The van der Waals surface area contributed by atoms with Crippen molar-refractivity contribution in [1.29, 1.82) is 0 Å². The summed E-state index contributed by atoms with van der Waals surface area (Å²) in [6, 6.07) is 7.69. The Kier molecular flexibility index (Phi) is 4.88. The van der Waals surface area contributed by atoms with E-state index in [1.165, 1.54) is 18.3 Å². The van der Waals surface area contributed by atoms with Crippen LogP contribution in [0.15, 0.2) is 47.0 Å². The number of alkyl halides is 4. The number of benzene rings is 1. The van der Waals surface area contributed by atoms with E-state index in [9.17, 15) is 22.4 Å². The van der Waals surface area contributed by atoms with Crippen LogP contribution in [0.2, 0.25) is 0 Å². The summed E-state index contributed by atoms with van der Waals surface area (Å²) in [5.74, 6) is -0.724. The van der Waals surface area contributed by atoms with Gasteiger partial charge in [0.25, 0.3) is 5.89 Å². The molecule has 4 rings (SSSR count). The van der Waals surface area contributed by atoms with E-state index in [0.717, 1.165) is 12.1 Å². The number of anilines is 2. The lowest BCUT2D eigenvalue weighted by molar-refractivity contribution is -0.137. The molecule has 11 heteroatoms. The van der Waals surface area contributed by atoms with Crippen LogP contribution in [0.25, 0.3) is 11.6 Å². The van der Waals surface area contributed by atoms with Gasteiger partial charge in [0.05, 0.1) is 11.3 Å². The summed E-state index contributed by atoms with van der Waals surface area (Å²) in [6.07, 6.45) is -2.79. The first kappa shape index (κ1) is 19.8. The first-order valence-electron chi connectivity index (χ1n) is 8.91. The van der Waals surface area contributed by atoms with E-state index < -0.39 is 29.7 Å². The van der Waals surface area contributed by atoms with E-state index in [2.05, 4.69) is 25.8 Å². The van der Waals surface area contributed by atoms with Crippen molar-refractivity contribution in [3.8, 4) is 11.6 Å². The van der Waals surface area contributed by atoms with Gasteiger partial charge in [-0.25, -0.2) is 9.37 Å². The van der Waals surface area contributed by atoms with Gasteiger partial charge in [-0.1, -0.05) is 0 Å². The Hall–Kier alpha value is -3.50. The second-order valence-electron chi connectivity index (χ2n) is 6.73. The van der Waals surface area contributed by atoms with Gasteiger partial charge in [0.2, 0.25) is 11.8 Å². The molecule has 0 spiro atoms.